The van der Waals surface area contributed by atoms with Crippen LogP contribution in [-0.2, 0) is 6.54 Å². The van der Waals surface area contributed by atoms with Crippen LogP contribution in [0.3, 0.4) is 0 Å². The van der Waals surface area contributed by atoms with Crippen LogP contribution >= 0.6 is 0 Å². The summed E-state index contributed by atoms with van der Waals surface area (Å²) in [5.41, 5.74) is 0.734. The molecule has 0 bridgehead atoms. The van der Waals surface area contributed by atoms with Crippen LogP contribution in [0.25, 0.3) is 0 Å². The summed E-state index contributed by atoms with van der Waals surface area (Å²) in [5.74, 6) is 0.357. The lowest BCUT2D eigenvalue weighted by Gasteiger charge is -2.06. The summed E-state index contributed by atoms with van der Waals surface area (Å²) >= 11 is 0. The maximum atomic E-state index is 9.58. The Labute approximate surface area is 85.0 Å². The van der Waals surface area contributed by atoms with Gasteiger partial charge >= 0.3 is 0 Å². The van der Waals surface area contributed by atoms with Crippen LogP contribution in [0.2, 0.25) is 0 Å². The zero-order valence-electron chi connectivity index (χ0n) is 8.95. The third-order valence-electron chi connectivity index (χ3n) is 2.47. The quantitative estimate of drug-likeness (QED) is 0.713. The second kappa shape index (κ2) is 4.94. The maximum absolute atomic E-state index is 9.58. The highest BCUT2D eigenvalue weighted by Crippen LogP contribution is 2.26. The number of hydrogen-bond acceptors (Lipinski definition) is 2. The molecule has 0 saturated heterocycles. The molecule has 0 atom stereocenters. The minimum absolute atomic E-state index is 0.163. The Balaban J connectivity index is 2.49. The van der Waals surface area contributed by atoms with Crippen molar-refractivity contribution in [1.82, 2.24) is 4.57 Å². The molecular formula is C11H19NO2. The van der Waals surface area contributed by atoms with Gasteiger partial charge in [-0.2, -0.15) is 0 Å². The highest BCUT2D eigenvalue weighted by Gasteiger charge is 2.09. The van der Waals surface area contributed by atoms with E-state index in [9.17, 15) is 10.2 Å². The van der Waals surface area contributed by atoms with Gasteiger partial charge in [-0.3, -0.25) is 4.57 Å². The molecule has 2 N–H and O–H groups in total. The third kappa shape index (κ3) is 2.44. The number of unbranched alkanes of at least 4 members (excludes halogenated alkanes) is 3. The van der Waals surface area contributed by atoms with Crippen molar-refractivity contribution in [3.63, 3.8) is 0 Å². The third-order valence-corrected chi connectivity index (χ3v) is 2.47. The van der Waals surface area contributed by atoms with E-state index in [1.54, 1.807) is 17.6 Å². The van der Waals surface area contributed by atoms with Crippen LogP contribution in [0.15, 0.2) is 6.07 Å². The fourth-order valence-corrected chi connectivity index (χ4v) is 1.57. The molecule has 1 aromatic heterocycles. The summed E-state index contributed by atoms with van der Waals surface area (Å²) in [5, 5.41) is 19.0. The molecule has 1 heterocycles. The van der Waals surface area contributed by atoms with E-state index in [-0.39, 0.29) is 11.8 Å². The summed E-state index contributed by atoms with van der Waals surface area (Å²) in [4.78, 5) is 0. The van der Waals surface area contributed by atoms with E-state index in [0.717, 1.165) is 18.4 Å². The number of aromatic hydroxyl groups is 2. The summed E-state index contributed by atoms with van der Waals surface area (Å²) in [6.45, 7) is 4.65. The molecule has 0 radical (unpaired) electrons. The second-order valence-electron chi connectivity index (χ2n) is 3.72. The number of aryl methyl sites for hydroxylation is 1. The van der Waals surface area contributed by atoms with E-state index < -0.39 is 0 Å². The summed E-state index contributed by atoms with van der Waals surface area (Å²) in [6.07, 6.45) is 4.56. The Morgan fingerprint density at radius 3 is 2.43 bits per heavy atom. The van der Waals surface area contributed by atoms with Crippen LogP contribution < -0.4 is 0 Å². The molecule has 0 fully saturated rings. The fraction of sp³-hybridized carbons (Fsp3) is 0.636. The van der Waals surface area contributed by atoms with E-state index in [1.807, 2.05) is 0 Å². The first kappa shape index (κ1) is 11.0. The minimum Gasteiger partial charge on any atom is -0.494 e. The van der Waals surface area contributed by atoms with Crippen molar-refractivity contribution in [1.29, 1.82) is 0 Å². The molecular weight excluding hydrogens is 178 g/mol. The van der Waals surface area contributed by atoms with Gasteiger partial charge in [0.1, 0.15) is 0 Å². The molecule has 0 saturated carbocycles. The predicted molar refractivity (Wildman–Crippen MR) is 56.6 cm³/mol. The normalized spacial score (nSPS) is 10.7. The van der Waals surface area contributed by atoms with E-state index >= 15 is 0 Å². The number of aromatic nitrogens is 1. The summed E-state index contributed by atoms with van der Waals surface area (Å²) in [6, 6.07) is 1.59. The molecule has 3 nitrogen and oxygen atoms in total. The van der Waals surface area contributed by atoms with E-state index in [4.69, 9.17) is 0 Å². The standard InChI is InChI=1S/C11H19NO2/c1-3-4-5-6-7-12-10(13)8-9(2)11(12)14/h8,13-14H,3-7H2,1-2H3. The molecule has 0 aromatic carbocycles. The van der Waals surface area contributed by atoms with E-state index in [0.29, 0.717) is 6.54 Å². The van der Waals surface area contributed by atoms with Crippen LogP contribution in [0.1, 0.15) is 38.2 Å². The van der Waals surface area contributed by atoms with E-state index in [1.165, 1.54) is 12.8 Å². The average Bonchev–Trinajstić information content (AvgIpc) is 2.38. The summed E-state index contributed by atoms with van der Waals surface area (Å²) < 4.78 is 1.56. The molecule has 0 aliphatic heterocycles. The molecule has 0 unspecified atom stereocenters. The van der Waals surface area contributed by atoms with Gasteiger partial charge in [0.25, 0.3) is 0 Å². The van der Waals surface area contributed by atoms with Crippen molar-refractivity contribution >= 4 is 0 Å². The van der Waals surface area contributed by atoms with Crippen molar-refractivity contribution in [2.45, 2.75) is 46.1 Å². The highest BCUT2D eigenvalue weighted by atomic mass is 16.3. The summed E-state index contributed by atoms with van der Waals surface area (Å²) in [7, 11) is 0. The Hall–Kier alpha value is -1.12. The average molecular weight is 197 g/mol. The molecule has 1 rings (SSSR count). The maximum Gasteiger partial charge on any atom is 0.196 e. The molecule has 0 aliphatic carbocycles. The number of nitrogens with zero attached hydrogens (tertiary/aromatic N) is 1. The van der Waals surface area contributed by atoms with Crippen LogP contribution in [0.5, 0.6) is 11.8 Å². The second-order valence-corrected chi connectivity index (χ2v) is 3.72. The predicted octanol–water partition coefficient (Wildman–Crippen LogP) is 2.79. The van der Waals surface area contributed by atoms with Crippen molar-refractivity contribution in [2.24, 2.45) is 0 Å². The Bertz CT molecular complexity index is 292. The van der Waals surface area contributed by atoms with Gasteiger partial charge in [-0.1, -0.05) is 26.2 Å². The van der Waals surface area contributed by atoms with Gasteiger partial charge in [-0.05, 0) is 13.3 Å². The highest BCUT2D eigenvalue weighted by molar-refractivity contribution is 5.33. The largest absolute Gasteiger partial charge is 0.494 e. The SMILES string of the molecule is CCCCCCn1c(O)cc(C)c1O. The van der Waals surface area contributed by atoms with Gasteiger partial charge in [0.15, 0.2) is 11.8 Å². The lowest BCUT2D eigenvalue weighted by atomic mass is 10.2. The van der Waals surface area contributed by atoms with Gasteiger partial charge < -0.3 is 10.2 Å². The van der Waals surface area contributed by atoms with Crippen molar-refractivity contribution in [2.75, 3.05) is 0 Å². The smallest absolute Gasteiger partial charge is 0.196 e. The first-order valence-electron chi connectivity index (χ1n) is 5.25. The molecule has 14 heavy (non-hydrogen) atoms. The zero-order valence-corrected chi connectivity index (χ0v) is 8.95. The molecule has 1 aromatic rings. The van der Waals surface area contributed by atoms with Crippen LogP contribution in [0, 0.1) is 6.92 Å². The number of rotatable bonds is 5. The molecule has 0 aliphatic rings. The monoisotopic (exact) mass is 197 g/mol. The Morgan fingerprint density at radius 2 is 1.93 bits per heavy atom. The van der Waals surface area contributed by atoms with Gasteiger partial charge in [0.05, 0.1) is 0 Å². The molecule has 0 spiro atoms. The molecule has 3 heteroatoms. The molecule has 80 valence electrons. The van der Waals surface area contributed by atoms with Crippen LogP contribution in [0.4, 0.5) is 0 Å². The Kier molecular flexibility index (Phi) is 3.86. The van der Waals surface area contributed by atoms with Gasteiger partial charge in [0.2, 0.25) is 0 Å². The lowest BCUT2D eigenvalue weighted by molar-refractivity contribution is 0.361. The zero-order chi connectivity index (χ0) is 10.6. The number of hydrogen-bond donors (Lipinski definition) is 2. The Morgan fingerprint density at radius 1 is 1.21 bits per heavy atom. The van der Waals surface area contributed by atoms with Crippen molar-refractivity contribution in [3.8, 4) is 11.8 Å². The lowest BCUT2D eigenvalue weighted by Crippen LogP contribution is -1.96. The first-order valence-corrected chi connectivity index (χ1v) is 5.25. The van der Waals surface area contributed by atoms with Gasteiger partial charge in [-0.15, -0.1) is 0 Å². The fourth-order valence-electron chi connectivity index (χ4n) is 1.57. The topological polar surface area (TPSA) is 45.4 Å². The van der Waals surface area contributed by atoms with Crippen molar-refractivity contribution < 1.29 is 10.2 Å². The van der Waals surface area contributed by atoms with Crippen LogP contribution in [-0.4, -0.2) is 14.8 Å². The van der Waals surface area contributed by atoms with Gasteiger partial charge in [0, 0.05) is 18.2 Å². The molecule has 0 amide bonds. The minimum atomic E-state index is 0.163. The van der Waals surface area contributed by atoms with Crippen molar-refractivity contribution in [3.05, 3.63) is 11.6 Å². The first-order chi connectivity index (χ1) is 6.66. The van der Waals surface area contributed by atoms with E-state index in [2.05, 4.69) is 6.92 Å². The van der Waals surface area contributed by atoms with Gasteiger partial charge in [-0.25, -0.2) is 0 Å².